The summed E-state index contributed by atoms with van der Waals surface area (Å²) in [6.45, 7) is 0. The molecule has 5 nitrogen and oxygen atoms in total. The van der Waals surface area contributed by atoms with Crippen molar-refractivity contribution in [1.29, 1.82) is 0 Å². The van der Waals surface area contributed by atoms with Crippen LogP contribution in [0.4, 0.5) is 4.79 Å². The van der Waals surface area contributed by atoms with E-state index in [4.69, 9.17) is 0 Å². The molecule has 2 aliphatic heterocycles. The summed E-state index contributed by atoms with van der Waals surface area (Å²) in [5.41, 5.74) is 0. The molecular weight excluding hydrogens is 158 g/mol. The number of carbonyl (C=O) groups is 2. The number of amidine groups is 1. The van der Waals surface area contributed by atoms with Crippen LogP contribution in [0, 0.1) is 5.92 Å². The molecule has 0 fully saturated rings. The van der Waals surface area contributed by atoms with Gasteiger partial charge in [-0.2, -0.15) is 0 Å². The zero-order chi connectivity index (χ0) is 8.55. The third-order valence-corrected chi connectivity index (χ3v) is 1.63. The highest BCUT2D eigenvalue weighted by atomic mass is 16.2. The molecule has 2 rings (SSSR count). The van der Waals surface area contributed by atoms with Crippen LogP contribution in [0.2, 0.25) is 0 Å². The number of hydrogen-bond acceptors (Lipinski definition) is 3. The van der Waals surface area contributed by atoms with Crippen LogP contribution in [0.5, 0.6) is 0 Å². The maximum atomic E-state index is 11.1. The normalized spacial score (nSPS) is 26.3. The largest absolute Gasteiger partial charge is 0.345 e. The lowest BCUT2D eigenvalue weighted by Crippen LogP contribution is -2.43. The number of hydrogen-bond donors (Lipinski definition) is 1. The van der Waals surface area contributed by atoms with Crippen LogP contribution in [-0.2, 0) is 4.79 Å². The van der Waals surface area contributed by atoms with Gasteiger partial charge in [-0.25, -0.2) is 14.8 Å². The van der Waals surface area contributed by atoms with Crippen LogP contribution in [0.25, 0.3) is 0 Å². The summed E-state index contributed by atoms with van der Waals surface area (Å²) in [5, 5.41) is 2.39. The van der Waals surface area contributed by atoms with E-state index < -0.39 is 11.9 Å². The highest BCUT2D eigenvalue weighted by molar-refractivity contribution is 6.26. The van der Waals surface area contributed by atoms with E-state index in [-0.39, 0.29) is 5.78 Å². The number of urea groups is 1. The topological polar surface area (TPSA) is 70.9 Å². The van der Waals surface area contributed by atoms with E-state index in [9.17, 15) is 9.59 Å². The van der Waals surface area contributed by atoms with E-state index in [1.54, 1.807) is 0 Å². The van der Waals surface area contributed by atoms with Crippen LogP contribution in [-0.4, -0.2) is 23.9 Å². The number of nitrogens with zero attached hydrogens (tertiary/aromatic N) is 2. The van der Waals surface area contributed by atoms with Crippen molar-refractivity contribution in [2.24, 2.45) is 15.9 Å². The van der Waals surface area contributed by atoms with Gasteiger partial charge in [-0.1, -0.05) is 0 Å². The van der Waals surface area contributed by atoms with Crippen LogP contribution < -0.4 is 5.32 Å². The van der Waals surface area contributed by atoms with Gasteiger partial charge >= 0.3 is 6.03 Å². The SMILES string of the molecule is O=C1N=CC2C(=O)C=CN=C2N1. The molecule has 2 heterocycles. The third kappa shape index (κ3) is 0.952. The van der Waals surface area contributed by atoms with Gasteiger partial charge in [-0.15, -0.1) is 0 Å². The van der Waals surface area contributed by atoms with Crippen molar-refractivity contribution in [2.75, 3.05) is 0 Å². The predicted molar refractivity (Wildman–Crippen MR) is 42.1 cm³/mol. The average Bonchev–Trinajstić information content (AvgIpc) is 2.04. The lowest BCUT2D eigenvalue weighted by Gasteiger charge is -2.17. The van der Waals surface area contributed by atoms with E-state index >= 15 is 0 Å². The Kier molecular flexibility index (Phi) is 1.36. The summed E-state index contributed by atoms with van der Waals surface area (Å²) in [6, 6.07) is -0.479. The first-order valence-corrected chi connectivity index (χ1v) is 3.40. The van der Waals surface area contributed by atoms with E-state index in [0.717, 1.165) is 0 Å². The number of fused-ring (bicyclic) bond motifs is 1. The maximum absolute atomic E-state index is 11.1. The summed E-state index contributed by atoms with van der Waals surface area (Å²) >= 11 is 0. The summed E-state index contributed by atoms with van der Waals surface area (Å²) in [6.07, 6.45) is 4.04. The number of amides is 2. The quantitative estimate of drug-likeness (QED) is 0.541. The molecule has 0 aromatic rings. The van der Waals surface area contributed by atoms with Gasteiger partial charge in [-0.05, 0) is 0 Å². The minimum absolute atomic E-state index is 0.108. The summed E-state index contributed by atoms with van der Waals surface area (Å²) in [7, 11) is 0. The van der Waals surface area contributed by atoms with Gasteiger partial charge in [0.15, 0.2) is 5.78 Å². The van der Waals surface area contributed by atoms with Crippen molar-refractivity contribution in [2.45, 2.75) is 0 Å². The number of allylic oxidation sites excluding steroid dienone is 1. The predicted octanol–water partition coefficient (Wildman–Crippen LogP) is -0.108. The number of nitrogens with one attached hydrogen (secondary N) is 1. The number of aliphatic imine (C=N–C) groups is 2. The van der Waals surface area contributed by atoms with Gasteiger partial charge in [0.1, 0.15) is 11.8 Å². The molecule has 5 heteroatoms. The standard InChI is InChI=1S/C7H5N3O2/c11-5-1-2-8-6-4(5)3-9-7(12)10-6/h1-4H,(H,8,10,12). The fourth-order valence-corrected chi connectivity index (χ4v) is 1.05. The van der Waals surface area contributed by atoms with Gasteiger partial charge in [0.25, 0.3) is 0 Å². The monoisotopic (exact) mass is 163 g/mol. The Morgan fingerprint density at radius 1 is 1.42 bits per heavy atom. The Morgan fingerprint density at radius 2 is 2.25 bits per heavy atom. The first-order valence-electron chi connectivity index (χ1n) is 3.40. The molecule has 1 N–H and O–H groups in total. The van der Waals surface area contributed by atoms with Crippen molar-refractivity contribution < 1.29 is 9.59 Å². The minimum Gasteiger partial charge on any atom is -0.294 e. The van der Waals surface area contributed by atoms with Crippen LogP contribution >= 0.6 is 0 Å². The first kappa shape index (κ1) is 6.90. The Hall–Kier alpha value is -1.78. The van der Waals surface area contributed by atoms with Crippen LogP contribution in [0.1, 0.15) is 0 Å². The molecule has 1 atom stereocenters. The van der Waals surface area contributed by atoms with Gasteiger partial charge in [0.05, 0.1) is 0 Å². The molecule has 2 aliphatic rings. The van der Waals surface area contributed by atoms with Crippen LogP contribution in [0.15, 0.2) is 22.3 Å². The van der Waals surface area contributed by atoms with Crippen molar-refractivity contribution in [3.05, 3.63) is 12.3 Å². The molecule has 2 amide bonds. The lowest BCUT2D eigenvalue weighted by molar-refractivity contribution is -0.115. The fraction of sp³-hybridized carbons (Fsp3) is 0.143. The second-order valence-electron chi connectivity index (χ2n) is 2.42. The van der Waals surface area contributed by atoms with Crippen molar-refractivity contribution in [3.8, 4) is 0 Å². The summed E-state index contributed by atoms with van der Waals surface area (Å²) < 4.78 is 0. The van der Waals surface area contributed by atoms with Gasteiger partial charge in [-0.3, -0.25) is 10.1 Å². The van der Waals surface area contributed by atoms with Gasteiger partial charge < -0.3 is 0 Å². The molecule has 12 heavy (non-hydrogen) atoms. The highest BCUT2D eigenvalue weighted by Gasteiger charge is 2.27. The average molecular weight is 163 g/mol. The fourth-order valence-electron chi connectivity index (χ4n) is 1.05. The Labute approximate surface area is 67.9 Å². The smallest absolute Gasteiger partial charge is 0.294 e. The molecule has 60 valence electrons. The number of rotatable bonds is 0. The second-order valence-corrected chi connectivity index (χ2v) is 2.42. The molecule has 1 unspecified atom stereocenters. The lowest BCUT2D eigenvalue weighted by atomic mass is 10.0. The minimum atomic E-state index is -0.493. The summed E-state index contributed by atoms with van der Waals surface area (Å²) in [5.74, 6) is -0.237. The van der Waals surface area contributed by atoms with E-state index in [2.05, 4.69) is 15.3 Å². The molecule has 0 aliphatic carbocycles. The van der Waals surface area contributed by atoms with Gasteiger partial charge in [0, 0.05) is 18.5 Å². The van der Waals surface area contributed by atoms with Crippen molar-refractivity contribution in [3.63, 3.8) is 0 Å². The first-order chi connectivity index (χ1) is 5.77. The highest BCUT2D eigenvalue weighted by Crippen LogP contribution is 2.08. The number of ketones is 1. The zero-order valence-electron chi connectivity index (χ0n) is 6.02. The Morgan fingerprint density at radius 3 is 3.08 bits per heavy atom. The van der Waals surface area contributed by atoms with Crippen molar-refractivity contribution in [1.82, 2.24) is 5.32 Å². The molecule has 0 aromatic carbocycles. The molecular formula is C7H5N3O2. The van der Waals surface area contributed by atoms with E-state index in [1.807, 2.05) is 0 Å². The second kappa shape index (κ2) is 2.37. The Balaban J connectivity index is 2.40. The third-order valence-electron chi connectivity index (χ3n) is 1.63. The Bertz CT molecular complexity index is 341. The summed E-state index contributed by atoms with van der Waals surface area (Å²) in [4.78, 5) is 29.1. The molecule has 0 bridgehead atoms. The molecule has 0 aromatic heterocycles. The van der Waals surface area contributed by atoms with Crippen LogP contribution in [0.3, 0.4) is 0 Å². The van der Waals surface area contributed by atoms with Crippen molar-refractivity contribution >= 4 is 23.9 Å². The van der Waals surface area contributed by atoms with Gasteiger partial charge in [0.2, 0.25) is 0 Å². The number of carbonyl (C=O) groups excluding carboxylic acids is 2. The molecule has 0 saturated carbocycles. The van der Waals surface area contributed by atoms with E-state index in [0.29, 0.717) is 5.84 Å². The molecule has 0 spiro atoms. The maximum Gasteiger partial charge on any atom is 0.345 e. The molecule has 0 saturated heterocycles. The van der Waals surface area contributed by atoms with E-state index in [1.165, 1.54) is 18.5 Å². The molecule has 0 radical (unpaired) electrons. The zero-order valence-corrected chi connectivity index (χ0v) is 6.02.